The van der Waals surface area contributed by atoms with Crippen LogP contribution < -0.4 is 5.32 Å². The summed E-state index contributed by atoms with van der Waals surface area (Å²) in [7, 11) is 0. The van der Waals surface area contributed by atoms with E-state index in [2.05, 4.69) is 25.4 Å². The van der Waals surface area contributed by atoms with Crippen LogP contribution in [0, 0.1) is 0 Å². The third-order valence-electron chi connectivity index (χ3n) is 3.11. The molecule has 0 saturated carbocycles. The third kappa shape index (κ3) is 20.0. The van der Waals surface area contributed by atoms with Gasteiger partial charge in [-0.05, 0) is 11.1 Å². The van der Waals surface area contributed by atoms with Crippen LogP contribution in [0.3, 0.4) is 0 Å². The van der Waals surface area contributed by atoms with Gasteiger partial charge in [0.25, 0.3) is 0 Å². The summed E-state index contributed by atoms with van der Waals surface area (Å²) in [4.78, 5) is 27.6. The van der Waals surface area contributed by atoms with E-state index < -0.39 is 17.9 Å². The molecule has 0 radical (unpaired) electrons. The fourth-order valence-electron chi connectivity index (χ4n) is 1.84. The van der Waals surface area contributed by atoms with E-state index in [1.165, 1.54) is 0 Å². The van der Waals surface area contributed by atoms with Crippen molar-refractivity contribution in [1.29, 1.82) is 0 Å². The molecule has 0 atom stereocenters. The van der Waals surface area contributed by atoms with Crippen LogP contribution in [0.15, 0.2) is 10.2 Å². The quantitative estimate of drug-likeness (QED) is 0.127. The van der Waals surface area contributed by atoms with Crippen molar-refractivity contribution in [3.8, 4) is 0 Å². The fourth-order valence-corrected chi connectivity index (χ4v) is 1.84. The highest BCUT2D eigenvalue weighted by atomic mass is 16.5. The molecule has 0 aromatic carbocycles. The Balaban J connectivity index is 4.07. The van der Waals surface area contributed by atoms with Gasteiger partial charge in [0, 0.05) is 29.3 Å². The molecule has 0 spiro atoms. The maximum Gasteiger partial charge on any atom is 0.303 e. The zero-order valence-electron chi connectivity index (χ0n) is 16.1. The second-order valence-corrected chi connectivity index (χ2v) is 5.44. The number of rotatable bonds is 20. The SMILES string of the molecule is [N-]=[N+]=NCCOCCOCC(COCCOCCN=[N+]=[N-])NC(=O)CCC(=O)O. The molecule has 0 aliphatic carbocycles. The summed E-state index contributed by atoms with van der Waals surface area (Å²) in [6, 6.07) is -0.470. The predicted molar refractivity (Wildman–Crippen MR) is 100 cm³/mol. The lowest BCUT2D eigenvalue weighted by Crippen LogP contribution is -2.42. The molecule has 0 heterocycles. The number of carboxylic acid groups (broad SMARTS) is 1. The van der Waals surface area contributed by atoms with Crippen LogP contribution in [-0.2, 0) is 28.5 Å². The molecule has 14 nitrogen and oxygen atoms in total. The molecular formula is C15H27N7O7. The number of hydrogen-bond donors (Lipinski definition) is 2. The van der Waals surface area contributed by atoms with Crippen LogP contribution in [0.25, 0.3) is 20.9 Å². The number of nitrogens with one attached hydrogen (secondary N) is 1. The van der Waals surface area contributed by atoms with Gasteiger partial charge in [-0.2, -0.15) is 0 Å². The lowest BCUT2D eigenvalue weighted by Gasteiger charge is -2.19. The normalized spacial score (nSPS) is 11.2. The Morgan fingerprint density at radius 3 is 1.76 bits per heavy atom. The minimum Gasteiger partial charge on any atom is -0.481 e. The molecule has 2 N–H and O–H groups in total. The lowest BCUT2D eigenvalue weighted by atomic mass is 10.2. The molecular weight excluding hydrogens is 390 g/mol. The first-order valence-electron chi connectivity index (χ1n) is 8.94. The Bertz CT molecular complexity index is 519. The Kier molecular flexibility index (Phi) is 18.3. The summed E-state index contributed by atoms with van der Waals surface area (Å²) in [6.07, 6.45) is -0.408. The van der Waals surface area contributed by atoms with Crippen LogP contribution in [0.1, 0.15) is 12.8 Å². The molecule has 0 aliphatic rings. The highest BCUT2D eigenvalue weighted by molar-refractivity contribution is 5.80. The molecule has 0 bridgehead atoms. The summed E-state index contributed by atoms with van der Waals surface area (Å²) >= 11 is 0. The second-order valence-electron chi connectivity index (χ2n) is 5.44. The van der Waals surface area contributed by atoms with Gasteiger partial charge in [0.1, 0.15) is 0 Å². The first-order chi connectivity index (χ1) is 14.1. The molecule has 0 rings (SSSR count). The minimum atomic E-state index is -1.06. The highest BCUT2D eigenvalue weighted by Gasteiger charge is 2.14. The van der Waals surface area contributed by atoms with Crippen LogP contribution in [0.5, 0.6) is 0 Å². The smallest absolute Gasteiger partial charge is 0.303 e. The number of carboxylic acids is 1. The van der Waals surface area contributed by atoms with Crippen LogP contribution in [0.2, 0.25) is 0 Å². The van der Waals surface area contributed by atoms with Gasteiger partial charge in [0.2, 0.25) is 5.91 Å². The molecule has 164 valence electrons. The van der Waals surface area contributed by atoms with E-state index in [0.717, 1.165) is 0 Å². The van der Waals surface area contributed by atoms with Crippen molar-refractivity contribution in [2.75, 3.05) is 65.9 Å². The zero-order valence-corrected chi connectivity index (χ0v) is 16.1. The van der Waals surface area contributed by atoms with Gasteiger partial charge in [-0.3, -0.25) is 9.59 Å². The van der Waals surface area contributed by atoms with Crippen LogP contribution in [0.4, 0.5) is 0 Å². The van der Waals surface area contributed by atoms with E-state index in [-0.39, 0.29) is 65.6 Å². The summed E-state index contributed by atoms with van der Waals surface area (Å²) in [5.41, 5.74) is 16.3. The summed E-state index contributed by atoms with van der Waals surface area (Å²) in [5, 5.41) is 18.0. The van der Waals surface area contributed by atoms with E-state index >= 15 is 0 Å². The van der Waals surface area contributed by atoms with E-state index in [1.54, 1.807) is 0 Å². The Hall–Kier alpha value is -2.60. The van der Waals surface area contributed by atoms with Crippen molar-refractivity contribution in [1.82, 2.24) is 5.32 Å². The predicted octanol–water partition coefficient (Wildman–Crippen LogP) is 1.02. The van der Waals surface area contributed by atoms with Gasteiger partial charge in [0.05, 0.1) is 65.3 Å². The Morgan fingerprint density at radius 2 is 1.31 bits per heavy atom. The number of hydrogen-bond acceptors (Lipinski definition) is 8. The summed E-state index contributed by atoms with van der Waals surface area (Å²) < 4.78 is 21.3. The van der Waals surface area contributed by atoms with Gasteiger partial charge in [-0.15, -0.1) is 0 Å². The number of nitrogens with zero attached hydrogens (tertiary/aromatic N) is 6. The van der Waals surface area contributed by atoms with Gasteiger partial charge in [-0.25, -0.2) is 0 Å². The van der Waals surface area contributed by atoms with Gasteiger partial charge in [0.15, 0.2) is 0 Å². The second kappa shape index (κ2) is 20.1. The van der Waals surface area contributed by atoms with Crippen LogP contribution >= 0.6 is 0 Å². The van der Waals surface area contributed by atoms with E-state index in [9.17, 15) is 9.59 Å². The van der Waals surface area contributed by atoms with E-state index in [0.29, 0.717) is 13.2 Å². The minimum absolute atomic E-state index is 0.142. The number of aliphatic carboxylic acids is 1. The average molecular weight is 417 g/mol. The lowest BCUT2D eigenvalue weighted by molar-refractivity contribution is -0.139. The molecule has 0 unspecified atom stereocenters. The molecule has 0 aromatic rings. The van der Waals surface area contributed by atoms with Crippen molar-refractivity contribution < 1.29 is 33.6 Å². The third-order valence-corrected chi connectivity index (χ3v) is 3.11. The van der Waals surface area contributed by atoms with Crippen molar-refractivity contribution in [3.05, 3.63) is 20.9 Å². The number of carbonyl (C=O) groups excluding carboxylic acids is 1. The van der Waals surface area contributed by atoms with Crippen LogP contribution in [-0.4, -0.2) is 89.0 Å². The maximum atomic E-state index is 11.8. The Morgan fingerprint density at radius 1 is 0.828 bits per heavy atom. The topological polar surface area (TPSA) is 201 Å². The highest BCUT2D eigenvalue weighted by Crippen LogP contribution is 1.95. The largest absolute Gasteiger partial charge is 0.481 e. The van der Waals surface area contributed by atoms with Crippen molar-refractivity contribution >= 4 is 11.9 Å². The zero-order chi connectivity index (χ0) is 21.6. The maximum absolute atomic E-state index is 11.8. The number of amides is 1. The van der Waals surface area contributed by atoms with Crippen molar-refractivity contribution in [2.24, 2.45) is 10.2 Å². The Labute approximate surface area is 167 Å². The van der Waals surface area contributed by atoms with Crippen molar-refractivity contribution in [2.45, 2.75) is 18.9 Å². The summed E-state index contributed by atoms with van der Waals surface area (Å²) in [6.45, 7) is 2.44. The fraction of sp³-hybridized carbons (Fsp3) is 0.867. The molecule has 0 aliphatic heterocycles. The first kappa shape index (κ1) is 26.4. The van der Waals surface area contributed by atoms with Gasteiger partial charge >= 0.3 is 5.97 Å². The molecule has 0 saturated heterocycles. The van der Waals surface area contributed by atoms with E-state index in [4.69, 9.17) is 35.1 Å². The van der Waals surface area contributed by atoms with Gasteiger partial charge < -0.3 is 29.4 Å². The average Bonchev–Trinajstić information content (AvgIpc) is 2.70. The standard InChI is InChI=1S/C15H27N7O7/c16-21-18-3-5-26-7-9-28-11-13(20-14(23)1-2-15(24)25)12-29-10-8-27-6-4-19-22-17/h13H,1-12H2,(H,20,23)(H,24,25). The van der Waals surface area contributed by atoms with E-state index in [1.807, 2.05) is 0 Å². The molecule has 1 amide bonds. The van der Waals surface area contributed by atoms with Gasteiger partial charge in [-0.1, -0.05) is 10.2 Å². The number of carbonyl (C=O) groups is 2. The molecule has 0 aromatic heterocycles. The number of azide groups is 2. The molecule has 29 heavy (non-hydrogen) atoms. The molecule has 0 fully saturated rings. The monoisotopic (exact) mass is 417 g/mol. The molecule has 14 heteroatoms. The first-order valence-corrected chi connectivity index (χ1v) is 8.94. The number of ether oxygens (including phenoxy) is 4. The summed E-state index contributed by atoms with van der Waals surface area (Å²) in [5.74, 6) is -1.47. The van der Waals surface area contributed by atoms with Crippen molar-refractivity contribution in [3.63, 3.8) is 0 Å².